The van der Waals surface area contributed by atoms with Crippen LogP contribution < -0.4 is 9.80 Å². The maximum absolute atomic E-state index is 13.3. The minimum atomic E-state index is -4.75. The highest BCUT2D eigenvalue weighted by atomic mass is 32.1. The van der Waals surface area contributed by atoms with Gasteiger partial charge >= 0.3 is 6.18 Å². The molecule has 1 saturated heterocycles. The molecule has 1 fully saturated rings. The van der Waals surface area contributed by atoms with Gasteiger partial charge in [-0.1, -0.05) is 0 Å². The fourth-order valence-corrected chi connectivity index (χ4v) is 3.59. The van der Waals surface area contributed by atoms with Crippen molar-refractivity contribution in [2.24, 2.45) is 0 Å². The minimum absolute atomic E-state index is 0.0190. The smallest absolute Gasteiger partial charge is 0.417 e. The molecule has 28 heavy (non-hydrogen) atoms. The maximum Gasteiger partial charge on any atom is 0.417 e. The van der Waals surface area contributed by atoms with Crippen LogP contribution in [0.15, 0.2) is 42.5 Å². The monoisotopic (exact) mass is 406 g/mol. The lowest BCUT2D eigenvalue weighted by atomic mass is 10.0. The third-order valence-corrected chi connectivity index (χ3v) is 4.85. The number of halogens is 3. The Bertz CT molecular complexity index is 1010. The van der Waals surface area contributed by atoms with E-state index in [9.17, 15) is 18.0 Å². The number of nitriles is 1. The molecular weight excluding hydrogens is 391 g/mol. The first-order valence-corrected chi connectivity index (χ1v) is 8.51. The van der Waals surface area contributed by atoms with E-state index >= 15 is 0 Å². The number of carbonyl (C=O) groups excluding carboxylic acids is 1. The molecule has 0 aromatic heterocycles. The summed E-state index contributed by atoms with van der Waals surface area (Å²) >= 11 is 5.42. The van der Waals surface area contributed by atoms with Gasteiger partial charge in [0.1, 0.15) is 5.54 Å². The lowest BCUT2D eigenvalue weighted by Crippen LogP contribution is -2.44. The summed E-state index contributed by atoms with van der Waals surface area (Å²) in [6.45, 7) is 3.23. The molecule has 0 bridgehead atoms. The number of amides is 1. The number of rotatable bonds is 2. The Balaban J connectivity index is 2.11. The van der Waals surface area contributed by atoms with E-state index < -0.39 is 28.7 Å². The molecule has 1 aliphatic rings. The molecule has 1 aliphatic heterocycles. The molecule has 2 N–H and O–H groups in total. The van der Waals surface area contributed by atoms with Crippen molar-refractivity contribution in [3.8, 4) is 11.8 Å². The van der Waals surface area contributed by atoms with Crippen LogP contribution in [-0.2, 0) is 11.0 Å². The van der Waals surface area contributed by atoms with Crippen LogP contribution in [0.5, 0.6) is 5.75 Å². The molecule has 1 heterocycles. The molecule has 2 aromatic rings. The Hall–Kier alpha value is -3.12. The first-order valence-electron chi connectivity index (χ1n) is 8.10. The number of alkyl halides is 3. The van der Waals surface area contributed by atoms with E-state index in [0.717, 1.165) is 17.0 Å². The molecule has 0 aliphatic carbocycles. The third kappa shape index (κ3) is 3.05. The van der Waals surface area contributed by atoms with Gasteiger partial charge in [-0.2, -0.15) is 18.4 Å². The number of thiocarbonyl (C=S) groups is 1. The zero-order valence-electron chi connectivity index (χ0n) is 14.8. The molecule has 9 heteroatoms. The first kappa shape index (κ1) is 19.6. The van der Waals surface area contributed by atoms with Crippen molar-refractivity contribution in [2.45, 2.75) is 25.6 Å². The zero-order chi connectivity index (χ0) is 20.9. The van der Waals surface area contributed by atoms with Gasteiger partial charge in [0.15, 0.2) is 5.11 Å². The standard InChI is InChI=1S/C19H14F3N3O2S/c1-18(2)16(27)24(17(28)25(18)12-5-7-14(26)8-6-12)13-4-3-11(10-23)15(9-13)19(20,21)22/h3-9,26H,1-2H3/p+1. The van der Waals surface area contributed by atoms with Crippen molar-refractivity contribution in [3.63, 3.8) is 0 Å². The van der Waals surface area contributed by atoms with E-state index in [1.54, 1.807) is 26.0 Å². The fraction of sp³-hybridized carbons (Fsp3) is 0.211. The summed E-state index contributed by atoms with van der Waals surface area (Å²) in [5.41, 5.74) is -2.32. The molecule has 0 spiro atoms. The molecule has 0 radical (unpaired) electrons. The minimum Gasteiger partial charge on any atom is -0.593 e. The second-order valence-corrected chi connectivity index (χ2v) is 7.07. The van der Waals surface area contributed by atoms with E-state index in [4.69, 9.17) is 22.6 Å². The van der Waals surface area contributed by atoms with Crippen molar-refractivity contribution < 1.29 is 23.1 Å². The molecule has 0 unspecified atom stereocenters. The van der Waals surface area contributed by atoms with Crippen molar-refractivity contribution in [3.05, 3.63) is 53.6 Å². The van der Waals surface area contributed by atoms with E-state index in [2.05, 4.69) is 0 Å². The molecular formula is C19H15F3N3O2S+. The van der Waals surface area contributed by atoms with Gasteiger partial charge in [0.25, 0.3) is 11.7 Å². The molecule has 0 saturated carbocycles. The summed E-state index contributed by atoms with van der Waals surface area (Å²) in [6.07, 6.45) is -4.75. The number of hydrogen-bond donors (Lipinski definition) is 0. The Morgan fingerprint density at radius 1 is 1.11 bits per heavy atom. The Morgan fingerprint density at radius 3 is 2.21 bits per heavy atom. The van der Waals surface area contributed by atoms with Gasteiger partial charge in [-0.25, -0.2) is 0 Å². The van der Waals surface area contributed by atoms with Gasteiger partial charge in [-0.15, -0.1) is 0 Å². The van der Waals surface area contributed by atoms with Gasteiger partial charge in [0, 0.05) is 17.8 Å². The second kappa shape index (κ2) is 6.49. The first-order chi connectivity index (χ1) is 13.0. The highest BCUT2D eigenvalue weighted by Crippen LogP contribution is 2.39. The molecule has 3 rings (SSSR count). The summed E-state index contributed by atoms with van der Waals surface area (Å²) in [5, 5.41) is 16.6. The van der Waals surface area contributed by atoms with Gasteiger partial charge in [0.2, 0.25) is 0 Å². The fourth-order valence-electron chi connectivity index (χ4n) is 3.07. The van der Waals surface area contributed by atoms with Crippen LogP contribution in [-0.4, -0.2) is 21.7 Å². The third-order valence-electron chi connectivity index (χ3n) is 4.48. The van der Waals surface area contributed by atoms with Gasteiger partial charge < -0.3 is 10.0 Å². The average molecular weight is 406 g/mol. The van der Waals surface area contributed by atoms with Crippen molar-refractivity contribution in [1.29, 1.82) is 5.26 Å². The highest BCUT2D eigenvalue weighted by Gasteiger charge is 2.50. The SMILES string of the molecule is CC1(C)C(=O)N(c2ccc(C#N)c(C(F)(F)F)c2)C(=S)N1c1ccc([OH2+])cc1. The summed E-state index contributed by atoms with van der Waals surface area (Å²) in [4.78, 5) is 15.6. The lowest BCUT2D eigenvalue weighted by Gasteiger charge is -2.29. The van der Waals surface area contributed by atoms with Crippen LogP contribution in [0.3, 0.4) is 0 Å². The summed E-state index contributed by atoms with van der Waals surface area (Å²) in [6, 6.07) is 10.9. The van der Waals surface area contributed by atoms with Crippen LogP contribution in [0.1, 0.15) is 25.0 Å². The maximum atomic E-state index is 13.3. The van der Waals surface area contributed by atoms with E-state index in [-0.39, 0.29) is 16.5 Å². The second-order valence-electron chi connectivity index (χ2n) is 6.70. The summed E-state index contributed by atoms with van der Waals surface area (Å²) < 4.78 is 39.9. The predicted molar refractivity (Wildman–Crippen MR) is 102 cm³/mol. The van der Waals surface area contributed by atoms with Crippen LogP contribution in [0.25, 0.3) is 0 Å². The van der Waals surface area contributed by atoms with Gasteiger partial charge in [-0.3, -0.25) is 9.69 Å². The number of anilines is 2. The van der Waals surface area contributed by atoms with Gasteiger partial charge in [0.05, 0.1) is 22.9 Å². The van der Waals surface area contributed by atoms with E-state index in [1.807, 2.05) is 0 Å². The lowest BCUT2D eigenvalue weighted by molar-refractivity contribution is -0.137. The number of nitrogens with zero attached hydrogens (tertiary/aromatic N) is 3. The predicted octanol–water partition coefficient (Wildman–Crippen LogP) is 3.93. The van der Waals surface area contributed by atoms with E-state index in [0.29, 0.717) is 5.69 Å². The summed E-state index contributed by atoms with van der Waals surface area (Å²) in [7, 11) is 0. The molecule has 2 aromatic carbocycles. The average Bonchev–Trinajstić information content (AvgIpc) is 2.79. The largest absolute Gasteiger partial charge is 0.593 e. The normalized spacial score (nSPS) is 16.4. The van der Waals surface area contributed by atoms with E-state index in [1.165, 1.54) is 29.2 Å². The van der Waals surface area contributed by atoms with Crippen molar-refractivity contribution >= 4 is 34.6 Å². The van der Waals surface area contributed by atoms with Gasteiger partial charge in [-0.05, 0) is 56.4 Å². The highest BCUT2D eigenvalue weighted by molar-refractivity contribution is 7.81. The quantitative estimate of drug-likeness (QED) is 0.560. The molecule has 5 nitrogen and oxygen atoms in total. The van der Waals surface area contributed by atoms with Crippen LogP contribution in [0.2, 0.25) is 0 Å². The summed E-state index contributed by atoms with van der Waals surface area (Å²) in [5.74, 6) is -0.220. The molecule has 144 valence electrons. The Kier molecular flexibility index (Phi) is 4.55. The molecule has 1 amide bonds. The molecule has 0 atom stereocenters. The number of carbonyl (C=O) groups is 1. The number of hydrogen-bond acceptors (Lipinski definition) is 3. The van der Waals surface area contributed by atoms with Crippen LogP contribution in [0.4, 0.5) is 24.5 Å². The van der Waals surface area contributed by atoms with Crippen molar-refractivity contribution in [1.82, 2.24) is 0 Å². The van der Waals surface area contributed by atoms with Crippen LogP contribution in [0, 0.1) is 11.3 Å². The topological polar surface area (TPSA) is 70.2 Å². The van der Waals surface area contributed by atoms with Crippen molar-refractivity contribution in [2.75, 3.05) is 9.80 Å². The zero-order valence-corrected chi connectivity index (χ0v) is 15.6. The van der Waals surface area contributed by atoms with Crippen LogP contribution >= 0.6 is 12.2 Å². The number of benzene rings is 2. The Labute approximate surface area is 164 Å². The Morgan fingerprint density at radius 2 is 1.68 bits per heavy atom.